The van der Waals surface area contributed by atoms with E-state index < -0.39 is 0 Å². The number of thioether (sulfide) groups is 1. The van der Waals surface area contributed by atoms with E-state index in [1.54, 1.807) is 37.7 Å². The summed E-state index contributed by atoms with van der Waals surface area (Å²) < 4.78 is 13.3. The summed E-state index contributed by atoms with van der Waals surface area (Å²) >= 11 is 1.54. The first kappa shape index (κ1) is 20.7. The normalized spacial score (nSPS) is 10.7. The Hall–Kier alpha value is -3.52. The topological polar surface area (TPSA) is 77.8 Å². The number of nitrogens with zero attached hydrogens (tertiary/aromatic N) is 3. The minimum atomic E-state index is -0.0784. The van der Waals surface area contributed by atoms with Crippen LogP contribution in [0.15, 0.2) is 73.3 Å². The summed E-state index contributed by atoms with van der Waals surface area (Å²) in [6, 6.07) is 15.0. The van der Waals surface area contributed by atoms with Gasteiger partial charge in [0.05, 0.1) is 18.6 Å². The van der Waals surface area contributed by atoms with Crippen LogP contribution in [0.1, 0.15) is 11.3 Å². The first-order valence-corrected chi connectivity index (χ1v) is 10.9. The fourth-order valence-electron chi connectivity index (χ4n) is 3.02. The molecule has 0 aliphatic carbocycles. The molecule has 4 rings (SSSR count). The number of nitrogens with one attached hydrogen (secondary N) is 1. The first-order valence-electron chi connectivity index (χ1n) is 9.71. The van der Waals surface area contributed by atoms with Gasteiger partial charge < -0.3 is 19.2 Å². The highest BCUT2D eigenvalue weighted by Crippen LogP contribution is 2.31. The Bertz CT molecular complexity index is 1130. The number of imidazole rings is 1. The standard InChI is InChI=1S/C23H22N4O3S/c1-29-20-8-7-18(26-23(28)16-31-15-17-5-4-9-24-12-17)11-21(20)30-14-19-13-27-10-3-2-6-22(27)25-19/h2-13H,14-16H2,1H3,(H,26,28). The Kier molecular flexibility index (Phi) is 6.68. The summed E-state index contributed by atoms with van der Waals surface area (Å²) in [7, 11) is 1.58. The van der Waals surface area contributed by atoms with Crippen LogP contribution in [0.25, 0.3) is 5.65 Å². The Morgan fingerprint density at radius 1 is 1.16 bits per heavy atom. The second kappa shape index (κ2) is 9.99. The van der Waals surface area contributed by atoms with E-state index in [4.69, 9.17) is 9.47 Å². The number of anilines is 1. The van der Waals surface area contributed by atoms with Crippen LogP contribution in [0.5, 0.6) is 11.5 Å². The Labute approximate surface area is 184 Å². The summed E-state index contributed by atoms with van der Waals surface area (Å²) in [6.45, 7) is 0.288. The lowest BCUT2D eigenvalue weighted by Gasteiger charge is -2.12. The fourth-order valence-corrected chi connectivity index (χ4v) is 3.78. The van der Waals surface area contributed by atoms with E-state index >= 15 is 0 Å². The van der Waals surface area contributed by atoms with E-state index in [0.29, 0.717) is 22.9 Å². The van der Waals surface area contributed by atoms with E-state index in [0.717, 1.165) is 22.7 Å². The third-order valence-corrected chi connectivity index (χ3v) is 5.47. The average Bonchev–Trinajstić information content (AvgIpc) is 3.21. The summed E-state index contributed by atoms with van der Waals surface area (Å²) in [5.74, 6) is 2.13. The molecule has 3 heterocycles. The van der Waals surface area contributed by atoms with Crippen molar-refractivity contribution in [3.05, 3.63) is 84.6 Å². The summed E-state index contributed by atoms with van der Waals surface area (Å²) in [5, 5.41) is 2.91. The predicted octanol–water partition coefficient (Wildman–Crippen LogP) is 4.19. The van der Waals surface area contributed by atoms with Gasteiger partial charge in [0.2, 0.25) is 5.91 Å². The van der Waals surface area contributed by atoms with Crippen molar-refractivity contribution in [1.29, 1.82) is 0 Å². The van der Waals surface area contributed by atoms with Gasteiger partial charge in [0, 0.05) is 42.3 Å². The number of fused-ring (bicyclic) bond motifs is 1. The number of pyridine rings is 2. The van der Waals surface area contributed by atoms with Crippen LogP contribution in [-0.4, -0.2) is 33.1 Å². The van der Waals surface area contributed by atoms with Gasteiger partial charge in [-0.05, 0) is 35.9 Å². The molecule has 8 heteroatoms. The van der Waals surface area contributed by atoms with Crippen molar-refractivity contribution < 1.29 is 14.3 Å². The lowest BCUT2D eigenvalue weighted by Crippen LogP contribution is -2.14. The Morgan fingerprint density at radius 2 is 2.10 bits per heavy atom. The molecule has 0 aliphatic rings. The van der Waals surface area contributed by atoms with Crippen molar-refractivity contribution >= 4 is 29.0 Å². The number of rotatable bonds is 9. The molecule has 4 aromatic rings. The van der Waals surface area contributed by atoms with Gasteiger partial charge in [-0.15, -0.1) is 11.8 Å². The molecule has 158 valence electrons. The van der Waals surface area contributed by atoms with Crippen LogP contribution in [0.3, 0.4) is 0 Å². The fraction of sp³-hybridized carbons (Fsp3) is 0.174. The molecule has 3 aromatic heterocycles. The van der Waals surface area contributed by atoms with Crippen molar-refractivity contribution in [1.82, 2.24) is 14.4 Å². The molecule has 0 bridgehead atoms. The maximum absolute atomic E-state index is 12.3. The lowest BCUT2D eigenvalue weighted by molar-refractivity contribution is -0.113. The zero-order chi connectivity index (χ0) is 21.5. The van der Waals surface area contributed by atoms with Crippen LogP contribution < -0.4 is 14.8 Å². The van der Waals surface area contributed by atoms with Gasteiger partial charge in [-0.2, -0.15) is 0 Å². The highest BCUT2D eigenvalue weighted by Gasteiger charge is 2.10. The number of hydrogen-bond donors (Lipinski definition) is 1. The smallest absolute Gasteiger partial charge is 0.234 e. The maximum atomic E-state index is 12.3. The first-order chi connectivity index (χ1) is 15.2. The molecule has 0 spiro atoms. The van der Waals surface area contributed by atoms with Crippen molar-refractivity contribution in [3.8, 4) is 11.5 Å². The third kappa shape index (κ3) is 5.55. The molecular formula is C23H22N4O3S. The Balaban J connectivity index is 1.35. The van der Waals surface area contributed by atoms with Crippen LogP contribution in [-0.2, 0) is 17.2 Å². The van der Waals surface area contributed by atoms with Gasteiger partial charge in [0.15, 0.2) is 11.5 Å². The van der Waals surface area contributed by atoms with Crippen LogP contribution in [0.4, 0.5) is 5.69 Å². The molecule has 1 amide bonds. The van der Waals surface area contributed by atoms with Crippen LogP contribution in [0.2, 0.25) is 0 Å². The van der Waals surface area contributed by atoms with E-state index in [2.05, 4.69) is 15.3 Å². The van der Waals surface area contributed by atoms with Gasteiger partial charge in [0.1, 0.15) is 12.3 Å². The van der Waals surface area contributed by atoms with Gasteiger partial charge in [0.25, 0.3) is 0 Å². The highest BCUT2D eigenvalue weighted by molar-refractivity contribution is 7.99. The molecule has 7 nitrogen and oxygen atoms in total. The van der Waals surface area contributed by atoms with Crippen LogP contribution >= 0.6 is 11.8 Å². The van der Waals surface area contributed by atoms with Gasteiger partial charge in [-0.1, -0.05) is 12.1 Å². The number of methoxy groups -OCH3 is 1. The molecule has 0 saturated heterocycles. The van der Waals surface area contributed by atoms with E-state index in [-0.39, 0.29) is 12.5 Å². The molecule has 31 heavy (non-hydrogen) atoms. The Morgan fingerprint density at radius 3 is 2.90 bits per heavy atom. The maximum Gasteiger partial charge on any atom is 0.234 e. The quantitative estimate of drug-likeness (QED) is 0.426. The molecule has 0 atom stereocenters. The highest BCUT2D eigenvalue weighted by atomic mass is 32.2. The number of carbonyl (C=O) groups is 1. The molecule has 1 aromatic carbocycles. The molecule has 1 N–H and O–H groups in total. The number of amides is 1. The number of aromatic nitrogens is 3. The van der Waals surface area contributed by atoms with Crippen molar-refractivity contribution in [3.63, 3.8) is 0 Å². The minimum Gasteiger partial charge on any atom is -0.493 e. The number of hydrogen-bond acceptors (Lipinski definition) is 6. The zero-order valence-corrected chi connectivity index (χ0v) is 17.8. The number of benzene rings is 1. The second-order valence-corrected chi connectivity index (χ2v) is 7.74. The molecule has 0 radical (unpaired) electrons. The average molecular weight is 435 g/mol. The molecule has 0 saturated carbocycles. The molecule has 0 fully saturated rings. The molecule has 0 aliphatic heterocycles. The molecular weight excluding hydrogens is 412 g/mol. The summed E-state index contributed by atoms with van der Waals surface area (Å²) in [4.78, 5) is 20.9. The van der Waals surface area contributed by atoms with E-state index in [1.807, 2.05) is 47.1 Å². The third-order valence-electron chi connectivity index (χ3n) is 4.46. The van der Waals surface area contributed by atoms with Crippen LogP contribution in [0, 0.1) is 0 Å². The van der Waals surface area contributed by atoms with E-state index in [9.17, 15) is 4.79 Å². The van der Waals surface area contributed by atoms with E-state index in [1.165, 1.54) is 11.8 Å². The largest absolute Gasteiger partial charge is 0.493 e. The minimum absolute atomic E-state index is 0.0784. The van der Waals surface area contributed by atoms with Gasteiger partial charge >= 0.3 is 0 Å². The number of ether oxygens (including phenoxy) is 2. The SMILES string of the molecule is COc1ccc(NC(=O)CSCc2cccnc2)cc1OCc1cn2ccccc2n1. The van der Waals surface area contributed by atoms with Gasteiger partial charge in [-0.3, -0.25) is 9.78 Å². The zero-order valence-electron chi connectivity index (χ0n) is 17.0. The van der Waals surface area contributed by atoms with Crippen molar-refractivity contribution in [2.24, 2.45) is 0 Å². The predicted molar refractivity (Wildman–Crippen MR) is 122 cm³/mol. The second-order valence-electron chi connectivity index (χ2n) is 6.75. The lowest BCUT2D eigenvalue weighted by atomic mass is 10.2. The monoisotopic (exact) mass is 434 g/mol. The van der Waals surface area contributed by atoms with Gasteiger partial charge in [-0.25, -0.2) is 4.98 Å². The van der Waals surface area contributed by atoms with Crippen molar-refractivity contribution in [2.75, 3.05) is 18.2 Å². The summed E-state index contributed by atoms with van der Waals surface area (Å²) in [6.07, 6.45) is 7.40. The summed E-state index contributed by atoms with van der Waals surface area (Å²) in [5.41, 5.74) is 3.40. The number of carbonyl (C=O) groups excluding carboxylic acids is 1. The van der Waals surface area contributed by atoms with Crippen molar-refractivity contribution in [2.45, 2.75) is 12.4 Å². The molecule has 0 unspecified atom stereocenters.